The lowest BCUT2D eigenvalue weighted by atomic mass is 10.1. The summed E-state index contributed by atoms with van der Waals surface area (Å²) in [4.78, 5) is 48.7. The molecule has 146 valence electrons. The zero-order valence-electron chi connectivity index (χ0n) is 14.2. The maximum atomic E-state index is 12.7. The predicted octanol–water partition coefficient (Wildman–Crippen LogP) is 1.71. The summed E-state index contributed by atoms with van der Waals surface area (Å²) in [6.07, 6.45) is -4.14. The van der Waals surface area contributed by atoms with Crippen molar-refractivity contribution in [1.82, 2.24) is 9.47 Å². The lowest BCUT2D eigenvalue weighted by Gasteiger charge is -2.14. The fourth-order valence-corrected chi connectivity index (χ4v) is 2.70. The van der Waals surface area contributed by atoms with Crippen LogP contribution in [0, 0.1) is 0 Å². The van der Waals surface area contributed by atoms with E-state index in [0.29, 0.717) is 22.9 Å². The highest BCUT2D eigenvalue weighted by atomic mass is 19.4. The van der Waals surface area contributed by atoms with Crippen LogP contribution in [0.3, 0.4) is 0 Å². The minimum absolute atomic E-state index is 0.213. The van der Waals surface area contributed by atoms with Crippen LogP contribution < -0.4 is 5.56 Å². The highest BCUT2D eigenvalue weighted by Gasteiger charge is 2.35. The van der Waals surface area contributed by atoms with Crippen LogP contribution in [0.5, 0.6) is 0 Å². The number of rotatable bonds is 5. The molecule has 0 radical (unpaired) electrons. The number of imide groups is 1. The number of fused-ring (bicyclic) bond motifs is 1. The van der Waals surface area contributed by atoms with E-state index in [4.69, 9.17) is 4.74 Å². The van der Waals surface area contributed by atoms with E-state index in [-0.39, 0.29) is 24.3 Å². The molecule has 2 aromatic rings. The van der Waals surface area contributed by atoms with Gasteiger partial charge in [-0.2, -0.15) is 13.2 Å². The van der Waals surface area contributed by atoms with Crippen molar-refractivity contribution in [2.24, 2.45) is 0 Å². The van der Waals surface area contributed by atoms with Crippen molar-refractivity contribution in [2.75, 3.05) is 13.2 Å². The Labute approximate surface area is 155 Å². The summed E-state index contributed by atoms with van der Waals surface area (Å²) in [5.74, 6) is -2.02. The third kappa shape index (κ3) is 3.80. The average Bonchev–Trinajstić information content (AvgIpc) is 2.88. The van der Waals surface area contributed by atoms with Gasteiger partial charge >= 0.3 is 12.1 Å². The summed E-state index contributed by atoms with van der Waals surface area (Å²) < 4.78 is 43.5. The molecule has 7 nitrogen and oxygen atoms in total. The third-order valence-electron chi connectivity index (χ3n) is 4.07. The zero-order valence-corrected chi connectivity index (χ0v) is 14.2. The van der Waals surface area contributed by atoms with E-state index in [1.54, 1.807) is 12.1 Å². The van der Waals surface area contributed by atoms with E-state index in [0.717, 1.165) is 4.90 Å². The van der Waals surface area contributed by atoms with Crippen LogP contribution in [0.25, 0.3) is 0 Å². The number of pyridine rings is 1. The molecule has 0 saturated carbocycles. The van der Waals surface area contributed by atoms with Gasteiger partial charge in [-0.25, -0.2) is 0 Å². The van der Waals surface area contributed by atoms with E-state index < -0.39 is 41.6 Å². The second kappa shape index (κ2) is 7.29. The molecule has 1 aliphatic rings. The highest BCUT2D eigenvalue weighted by Crippen LogP contribution is 2.28. The molecule has 1 aromatic heterocycles. The summed E-state index contributed by atoms with van der Waals surface area (Å²) in [6, 6.07) is 7.55. The maximum absolute atomic E-state index is 12.7. The van der Waals surface area contributed by atoms with Crippen LogP contribution in [0.1, 0.15) is 26.3 Å². The molecule has 28 heavy (non-hydrogen) atoms. The summed E-state index contributed by atoms with van der Waals surface area (Å²) in [5, 5.41) is 0. The van der Waals surface area contributed by atoms with Crippen molar-refractivity contribution < 1.29 is 32.3 Å². The predicted molar refractivity (Wildman–Crippen MR) is 88.5 cm³/mol. The Bertz CT molecular complexity index is 978. The number of carbonyl (C=O) groups is 3. The molecule has 0 spiro atoms. The number of hydrogen-bond acceptors (Lipinski definition) is 5. The summed E-state index contributed by atoms with van der Waals surface area (Å²) in [5.41, 5.74) is -1.39. The highest BCUT2D eigenvalue weighted by molar-refractivity contribution is 6.21. The lowest BCUT2D eigenvalue weighted by Crippen LogP contribution is -2.34. The molecule has 0 N–H and O–H groups in total. The number of carbonyl (C=O) groups excluding carboxylic acids is 3. The molecule has 3 rings (SSSR count). The van der Waals surface area contributed by atoms with E-state index in [9.17, 15) is 32.3 Å². The lowest BCUT2D eigenvalue weighted by molar-refractivity contribution is -0.145. The van der Waals surface area contributed by atoms with Crippen molar-refractivity contribution in [3.05, 3.63) is 69.6 Å². The van der Waals surface area contributed by atoms with Crippen LogP contribution in [0.4, 0.5) is 13.2 Å². The molecular formula is C18H13F3N2O5. The largest absolute Gasteiger partial charge is 0.462 e. The first-order valence-corrected chi connectivity index (χ1v) is 8.07. The number of amides is 2. The molecule has 0 fully saturated rings. The van der Waals surface area contributed by atoms with Crippen LogP contribution in [0.15, 0.2) is 47.4 Å². The minimum atomic E-state index is -4.66. The van der Waals surface area contributed by atoms with Gasteiger partial charge in [-0.3, -0.25) is 24.1 Å². The number of ether oxygens (including phenoxy) is 1. The Morgan fingerprint density at radius 1 is 0.964 bits per heavy atom. The van der Waals surface area contributed by atoms with Crippen LogP contribution in [-0.2, 0) is 22.3 Å². The topological polar surface area (TPSA) is 85.7 Å². The molecule has 1 aliphatic heterocycles. The molecule has 1 aromatic carbocycles. The maximum Gasteiger partial charge on any atom is 0.417 e. The number of benzene rings is 1. The fourth-order valence-electron chi connectivity index (χ4n) is 2.70. The number of hydrogen-bond donors (Lipinski definition) is 0. The number of esters is 1. The molecule has 0 bridgehead atoms. The number of aromatic nitrogens is 1. The van der Waals surface area contributed by atoms with Crippen molar-refractivity contribution in [1.29, 1.82) is 0 Å². The summed E-state index contributed by atoms with van der Waals surface area (Å²) in [6.45, 7) is -1.29. The molecule has 0 atom stereocenters. The Kier molecular flexibility index (Phi) is 5.04. The van der Waals surface area contributed by atoms with Crippen molar-refractivity contribution in [3.63, 3.8) is 0 Å². The summed E-state index contributed by atoms with van der Waals surface area (Å²) >= 11 is 0. The molecule has 2 amide bonds. The summed E-state index contributed by atoms with van der Waals surface area (Å²) in [7, 11) is 0. The van der Waals surface area contributed by atoms with Gasteiger partial charge in [-0.05, 0) is 18.2 Å². The van der Waals surface area contributed by atoms with Gasteiger partial charge in [0, 0.05) is 12.3 Å². The van der Waals surface area contributed by atoms with Gasteiger partial charge in [0.1, 0.15) is 13.2 Å². The molecular weight excluding hydrogens is 381 g/mol. The van der Waals surface area contributed by atoms with Crippen LogP contribution in [-0.4, -0.2) is 40.4 Å². The number of halogens is 3. The smallest absolute Gasteiger partial charge is 0.417 e. The second-order valence-corrected chi connectivity index (χ2v) is 5.91. The molecule has 0 unspecified atom stereocenters. The SMILES string of the molecule is O=C(Cn1cc(C(F)(F)F)ccc1=O)OCCN1C(=O)c2ccccc2C1=O. The minimum Gasteiger partial charge on any atom is -0.462 e. The van der Waals surface area contributed by atoms with Crippen LogP contribution >= 0.6 is 0 Å². The Balaban J connectivity index is 1.58. The van der Waals surface area contributed by atoms with E-state index in [2.05, 4.69) is 0 Å². The van der Waals surface area contributed by atoms with Crippen molar-refractivity contribution in [2.45, 2.75) is 12.7 Å². The fraction of sp³-hybridized carbons (Fsp3) is 0.222. The molecule has 0 saturated heterocycles. The molecule has 10 heteroatoms. The Hall–Kier alpha value is -3.43. The second-order valence-electron chi connectivity index (χ2n) is 5.91. The van der Waals surface area contributed by atoms with Gasteiger partial charge in [0.25, 0.3) is 17.4 Å². The van der Waals surface area contributed by atoms with Gasteiger partial charge in [-0.1, -0.05) is 12.1 Å². The van der Waals surface area contributed by atoms with Crippen molar-refractivity contribution in [3.8, 4) is 0 Å². The quantitative estimate of drug-likeness (QED) is 0.569. The average molecular weight is 394 g/mol. The van der Waals surface area contributed by atoms with Crippen molar-refractivity contribution >= 4 is 17.8 Å². The zero-order chi connectivity index (χ0) is 20.5. The normalized spacial score (nSPS) is 13.6. The monoisotopic (exact) mass is 394 g/mol. The molecule has 0 aliphatic carbocycles. The van der Waals surface area contributed by atoms with Gasteiger partial charge in [0.15, 0.2) is 0 Å². The Morgan fingerprint density at radius 2 is 1.57 bits per heavy atom. The van der Waals surface area contributed by atoms with E-state index in [1.807, 2.05) is 0 Å². The molecule has 2 heterocycles. The number of nitrogens with zero attached hydrogens (tertiary/aromatic N) is 2. The van der Waals surface area contributed by atoms with E-state index >= 15 is 0 Å². The number of alkyl halides is 3. The van der Waals surface area contributed by atoms with Gasteiger partial charge < -0.3 is 9.30 Å². The van der Waals surface area contributed by atoms with E-state index in [1.165, 1.54) is 12.1 Å². The Morgan fingerprint density at radius 3 is 2.14 bits per heavy atom. The van der Waals surface area contributed by atoms with Gasteiger partial charge in [0.2, 0.25) is 0 Å². The van der Waals surface area contributed by atoms with Gasteiger partial charge in [-0.15, -0.1) is 0 Å². The first-order valence-electron chi connectivity index (χ1n) is 8.07. The first kappa shape index (κ1) is 19.3. The first-order chi connectivity index (χ1) is 13.2. The van der Waals surface area contributed by atoms with Crippen LogP contribution in [0.2, 0.25) is 0 Å². The third-order valence-corrected chi connectivity index (χ3v) is 4.07. The van der Waals surface area contributed by atoms with Gasteiger partial charge in [0.05, 0.1) is 23.2 Å². The standard InChI is InChI=1S/C18H13F3N2O5/c19-18(20,21)11-5-6-14(24)22(9-11)10-15(25)28-8-7-23-16(26)12-3-1-2-4-13(12)17(23)27/h1-6,9H,7-8,10H2.